The van der Waals surface area contributed by atoms with Crippen molar-refractivity contribution < 1.29 is 14.3 Å². The standard InChI is InChI=1S/C24H29N5O4S/c1-6-33-12-8-11-25-21(30)17-9-7-10-18(13-17)27-22(31)20-16(4)26-23(34-20)19-14(2)15(3)28-29(5)24(19)32/h7,9-10,13H,6,8,11-12H2,1-5H3,(H,25,30)(H,27,31). The third-order valence-electron chi connectivity index (χ3n) is 5.28. The molecule has 0 saturated carbocycles. The summed E-state index contributed by atoms with van der Waals surface area (Å²) >= 11 is 1.16. The molecule has 180 valence electrons. The fourth-order valence-electron chi connectivity index (χ4n) is 3.36. The number of thiazole rings is 1. The highest BCUT2D eigenvalue weighted by atomic mass is 32.1. The van der Waals surface area contributed by atoms with E-state index in [-0.39, 0.29) is 17.4 Å². The van der Waals surface area contributed by atoms with Crippen LogP contribution >= 0.6 is 11.3 Å². The Bertz CT molecular complexity index is 1260. The van der Waals surface area contributed by atoms with E-state index in [0.717, 1.165) is 29.0 Å². The number of amides is 2. The number of benzene rings is 1. The molecule has 0 atom stereocenters. The Labute approximate surface area is 202 Å². The van der Waals surface area contributed by atoms with Crippen LogP contribution in [-0.2, 0) is 11.8 Å². The highest BCUT2D eigenvalue weighted by molar-refractivity contribution is 7.17. The third kappa shape index (κ3) is 5.75. The molecule has 0 unspecified atom stereocenters. The Morgan fingerprint density at radius 2 is 1.91 bits per heavy atom. The van der Waals surface area contributed by atoms with Crippen molar-refractivity contribution in [3.63, 3.8) is 0 Å². The molecule has 1 aromatic carbocycles. The van der Waals surface area contributed by atoms with Crippen LogP contribution in [0.15, 0.2) is 29.1 Å². The lowest BCUT2D eigenvalue weighted by molar-refractivity contribution is 0.0943. The van der Waals surface area contributed by atoms with Gasteiger partial charge < -0.3 is 15.4 Å². The van der Waals surface area contributed by atoms with Crippen molar-refractivity contribution in [2.24, 2.45) is 7.05 Å². The molecule has 0 aliphatic heterocycles. The number of rotatable bonds is 9. The number of nitrogens with zero attached hydrogens (tertiary/aromatic N) is 3. The molecule has 0 saturated heterocycles. The third-order valence-corrected chi connectivity index (χ3v) is 6.45. The molecule has 2 heterocycles. The van der Waals surface area contributed by atoms with Gasteiger partial charge in [-0.15, -0.1) is 11.3 Å². The summed E-state index contributed by atoms with van der Waals surface area (Å²) in [4.78, 5) is 43.0. The smallest absolute Gasteiger partial charge is 0.277 e. The molecule has 2 amide bonds. The molecule has 2 N–H and O–H groups in total. The van der Waals surface area contributed by atoms with E-state index >= 15 is 0 Å². The van der Waals surface area contributed by atoms with E-state index in [0.29, 0.717) is 52.2 Å². The van der Waals surface area contributed by atoms with Gasteiger partial charge in [-0.25, -0.2) is 9.67 Å². The van der Waals surface area contributed by atoms with Gasteiger partial charge in [0.15, 0.2) is 0 Å². The van der Waals surface area contributed by atoms with E-state index in [1.54, 1.807) is 38.2 Å². The normalized spacial score (nSPS) is 10.9. The number of hydrogen-bond donors (Lipinski definition) is 2. The molecule has 9 nitrogen and oxygen atoms in total. The maximum absolute atomic E-state index is 13.0. The van der Waals surface area contributed by atoms with Crippen molar-refractivity contribution in [3.8, 4) is 10.6 Å². The average Bonchev–Trinajstić information content (AvgIpc) is 3.19. The van der Waals surface area contributed by atoms with Gasteiger partial charge in [0.1, 0.15) is 9.88 Å². The summed E-state index contributed by atoms with van der Waals surface area (Å²) in [7, 11) is 1.59. The summed E-state index contributed by atoms with van der Waals surface area (Å²) in [5.41, 5.74) is 3.12. The van der Waals surface area contributed by atoms with Crippen molar-refractivity contribution in [2.75, 3.05) is 25.1 Å². The lowest BCUT2D eigenvalue weighted by atomic mass is 10.1. The zero-order valence-corrected chi connectivity index (χ0v) is 20.8. The number of aromatic nitrogens is 3. The maximum Gasteiger partial charge on any atom is 0.277 e. The maximum atomic E-state index is 13.0. The van der Waals surface area contributed by atoms with Gasteiger partial charge in [-0.05, 0) is 57.9 Å². The van der Waals surface area contributed by atoms with Gasteiger partial charge in [-0.3, -0.25) is 14.4 Å². The van der Waals surface area contributed by atoms with Crippen LogP contribution in [0, 0.1) is 20.8 Å². The molecular formula is C24H29N5O4S. The van der Waals surface area contributed by atoms with Crippen LogP contribution in [0.2, 0.25) is 0 Å². The molecule has 0 spiro atoms. The van der Waals surface area contributed by atoms with Gasteiger partial charge in [-0.2, -0.15) is 5.10 Å². The lowest BCUT2D eigenvalue weighted by Crippen LogP contribution is -2.25. The van der Waals surface area contributed by atoms with E-state index in [4.69, 9.17) is 4.74 Å². The van der Waals surface area contributed by atoms with Crippen LogP contribution in [0.4, 0.5) is 5.69 Å². The molecule has 3 aromatic rings. The summed E-state index contributed by atoms with van der Waals surface area (Å²) in [5, 5.41) is 10.3. The second kappa shape index (κ2) is 11.2. The molecule has 0 radical (unpaired) electrons. The zero-order valence-electron chi connectivity index (χ0n) is 20.0. The molecule has 0 fully saturated rings. The van der Waals surface area contributed by atoms with Crippen molar-refractivity contribution in [2.45, 2.75) is 34.1 Å². The molecule has 2 aromatic heterocycles. The molecule has 34 heavy (non-hydrogen) atoms. The summed E-state index contributed by atoms with van der Waals surface area (Å²) in [6, 6.07) is 6.74. The lowest BCUT2D eigenvalue weighted by Gasteiger charge is -2.08. The molecular weight excluding hydrogens is 454 g/mol. The number of aryl methyl sites for hydroxylation is 3. The van der Waals surface area contributed by atoms with Gasteiger partial charge >= 0.3 is 0 Å². The zero-order chi connectivity index (χ0) is 24.8. The fraction of sp³-hybridized carbons (Fsp3) is 0.375. The van der Waals surface area contributed by atoms with E-state index in [1.165, 1.54) is 4.68 Å². The molecule has 0 aliphatic rings. The largest absolute Gasteiger partial charge is 0.382 e. The second-order valence-corrected chi connectivity index (χ2v) is 8.79. The van der Waals surface area contributed by atoms with Crippen LogP contribution in [0.3, 0.4) is 0 Å². The van der Waals surface area contributed by atoms with Crippen LogP contribution in [-0.4, -0.2) is 46.3 Å². The molecule has 10 heteroatoms. The van der Waals surface area contributed by atoms with Crippen molar-refractivity contribution in [3.05, 3.63) is 62.0 Å². The van der Waals surface area contributed by atoms with Gasteiger partial charge in [0.25, 0.3) is 17.4 Å². The van der Waals surface area contributed by atoms with E-state index in [9.17, 15) is 14.4 Å². The van der Waals surface area contributed by atoms with Crippen molar-refractivity contribution in [1.29, 1.82) is 0 Å². The SMILES string of the molecule is CCOCCCNC(=O)c1cccc(NC(=O)c2sc(-c3c(C)c(C)nn(C)c3=O)nc2C)c1. The minimum Gasteiger partial charge on any atom is -0.382 e. The number of nitrogens with one attached hydrogen (secondary N) is 2. The first-order chi connectivity index (χ1) is 16.2. The molecule has 0 aliphatic carbocycles. The number of hydrogen-bond acceptors (Lipinski definition) is 7. The summed E-state index contributed by atoms with van der Waals surface area (Å²) in [6.07, 6.45) is 0.725. The number of carbonyl (C=O) groups excluding carboxylic acids is 2. The first-order valence-corrected chi connectivity index (χ1v) is 11.8. The first kappa shape index (κ1) is 25.3. The number of anilines is 1. The first-order valence-electron chi connectivity index (χ1n) is 11.0. The Kier molecular flexibility index (Phi) is 8.30. The summed E-state index contributed by atoms with van der Waals surface area (Å²) in [5.74, 6) is -0.570. The highest BCUT2D eigenvalue weighted by Gasteiger charge is 2.21. The average molecular weight is 484 g/mol. The minimum absolute atomic E-state index is 0.219. The predicted octanol–water partition coefficient (Wildman–Crippen LogP) is 3.24. The van der Waals surface area contributed by atoms with Crippen LogP contribution in [0.1, 0.15) is 50.3 Å². The Balaban J connectivity index is 1.75. The van der Waals surface area contributed by atoms with Crippen molar-refractivity contribution in [1.82, 2.24) is 20.1 Å². The Morgan fingerprint density at radius 1 is 1.15 bits per heavy atom. The molecule has 0 bridgehead atoms. The number of ether oxygens (including phenoxy) is 1. The highest BCUT2D eigenvalue weighted by Crippen LogP contribution is 2.29. The monoisotopic (exact) mass is 483 g/mol. The van der Waals surface area contributed by atoms with E-state index in [2.05, 4.69) is 20.7 Å². The fourth-order valence-corrected chi connectivity index (χ4v) is 4.42. The van der Waals surface area contributed by atoms with Crippen LogP contribution < -0.4 is 16.2 Å². The quantitative estimate of drug-likeness (QED) is 0.452. The number of carbonyl (C=O) groups is 2. The van der Waals surface area contributed by atoms with Gasteiger partial charge in [0.05, 0.1) is 17.0 Å². The van der Waals surface area contributed by atoms with E-state index < -0.39 is 0 Å². The summed E-state index contributed by atoms with van der Waals surface area (Å²) in [6.45, 7) is 9.05. The molecule has 3 rings (SSSR count). The minimum atomic E-state index is -0.351. The van der Waals surface area contributed by atoms with Crippen molar-refractivity contribution >= 4 is 28.8 Å². The van der Waals surface area contributed by atoms with E-state index in [1.807, 2.05) is 20.8 Å². The van der Waals surface area contributed by atoms with Gasteiger partial charge in [0, 0.05) is 38.1 Å². The van der Waals surface area contributed by atoms with Gasteiger partial charge in [0.2, 0.25) is 0 Å². The van der Waals surface area contributed by atoms with Crippen LogP contribution in [0.25, 0.3) is 10.6 Å². The Hall–Kier alpha value is -3.37. The Morgan fingerprint density at radius 3 is 2.65 bits per heavy atom. The van der Waals surface area contributed by atoms with Gasteiger partial charge in [-0.1, -0.05) is 6.07 Å². The topological polar surface area (TPSA) is 115 Å². The second-order valence-electron chi connectivity index (χ2n) is 7.79. The summed E-state index contributed by atoms with van der Waals surface area (Å²) < 4.78 is 6.54. The predicted molar refractivity (Wildman–Crippen MR) is 133 cm³/mol. The van der Waals surface area contributed by atoms with Crippen LogP contribution in [0.5, 0.6) is 0 Å².